The lowest BCUT2D eigenvalue weighted by atomic mass is 10.2. The minimum absolute atomic E-state index is 0.184. The predicted molar refractivity (Wildman–Crippen MR) is 111 cm³/mol. The monoisotopic (exact) mass is 401 g/mol. The molecule has 2 aromatic carbocycles. The Morgan fingerprint density at radius 1 is 1.04 bits per heavy atom. The maximum absolute atomic E-state index is 12.8. The van der Waals surface area contributed by atoms with Crippen LogP contribution in [0.2, 0.25) is 0 Å². The lowest BCUT2D eigenvalue weighted by molar-refractivity contribution is 0.0954. The lowest BCUT2D eigenvalue weighted by Gasteiger charge is -2.26. The van der Waals surface area contributed by atoms with Gasteiger partial charge >= 0.3 is 0 Å². The van der Waals surface area contributed by atoms with Crippen LogP contribution in [0.5, 0.6) is 0 Å². The van der Waals surface area contributed by atoms with E-state index >= 15 is 0 Å². The number of anilines is 1. The molecule has 0 radical (unpaired) electrons. The van der Waals surface area contributed by atoms with Crippen LogP contribution >= 0.6 is 0 Å². The van der Waals surface area contributed by atoms with Crippen LogP contribution < -0.4 is 10.2 Å². The van der Waals surface area contributed by atoms with Crippen molar-refractivity contribution in [1.29, 1.82) is 0 Å². The minimum atomic E-state index is -3.54. The Hall–Kier alpha value is -2.38. The minimum Gasteiger partial charge on any atom is -0.373 e. The molecule has 1 fully saturated rings. The van der Waals surface area contributed by atoms with Crippen molar-refractivity contribution in [2.24, 2.45) is 0 Å². The molecule has 1 heterocycles. The van der Waals surface area contributed by atoms with E-state index in [2.05, 4.69) is 10.2 Å². The molecule has 0 bridgehead atoms. The van der Waals surface area contributed by atoms with Crippen molar-refractivity contribution in [3.8, 4) is 0 Å². The molecule has 1 amide bonds. The molecule has 0 aliphatic carbocycles. The molecule has 7 heteroatoms. The molecule has 2 aromatic rings. The van der Waals surface area contributed by atoms with Crippen molar-refractivity contribution in [3.05, 3.63) is 60.2 Å². The highest BCUT2D eigenvalue weighted by Crippen LogP contribution is 2.21. The standard InChI is InChI=1S/C21H27N3O3S/c1-23(19-10-4-2-5-11-19)16-13-22-21(25)18-9-8-12-20(17-18)28(26,27)24-14-6-3-7-15-24/h2,4-5,8-12,17H,3,6-7,13-16H2,1H3,(H,22,25). The first-order valence-corrected chi connectivity index (χ1v) is 11.1. The molecule has 0 unspecified atom stereocenters. The Morgan fingerprint density at radius 3 is 2.46 bits per heavy atom. The number of likely N-dealkylation sites (N-methyl/N-ethyl adjacent to an activating group) is 1. The topological polar surface area (TPSA) is 69.7 Å². The summed E-state index contributed by atoms with van der Waals surface area (Å²) in [7, 11) is -1.58. The third kappa shape index (κ3) is 4.91. The number of para-hydroxylation sites is 1. The van der Waals surface area contributed by atoms with Gasteiger partial charge < -0.3 is 10.2 Å². The summed E-state index contributed by atoms with van der Waals surface area (Å²) in [4.78, 5) is 14.7. The zero-order valence-corrected chi connectivity index (χ0v) is 17.0. The summed E-state index contributed by atoms with van der Waals surface area (Å²) in [6, 6.07) is 16.2. The van der Waals surface area contributed by atoms with Gasteiger partial charge in [0.1, 0.15) is 0 Å². The van der Waals surface area contributed by atoms with Crippen molar-refractivity contribution in [1.82, 2.24) is 9.62 Å². The van der Waals surface area contributed by atoms with Gasteiger partial charge in [0.15, 0.2) is 0 Å². The zero-order chi connectivity index (χ0) is 20.0. The summed E-state index contributed by atoms with van der Waals surface area (Å²) < 4.78 is 27.1. The fourth-order valence-corrected chi connectivity index (χ4v) is 4.87. The average Bonchev–Trinajstić information content (AvgIpc) is 2.75. The van der Waals surface area contributed by atoms with E-state index in [1.54, 1.807) is 18.2 Å². The van der Waals surface area contributed by atoms with Crippen LogP contribution in [0, 0.1) is 0 Å². The van der Waals surface area contributed by atoms with Gasteiger partial charge in [-0.15, -0.1) is 0 Å². The second-order valence-electron chi connectivity index (χ2n) is 7.01. The number of hydrogen-bond donors (Lipinski definition) is 1. The third-order valence-electron chi connectivity index (χ3n) is 4.98. The molecule has 1 N–H and O–H groups in total. The predicted octanol–water partition coefficient (Wildman–Crippen LogP) is 2.73. The number of amides is 1. The molecule has 0 aromatic heterocycles. The number of rotatable bonds is 7. The molecule has 28 heavy (non-hydrogen) atoms. The van der Waals surface area contributed by atoms with Gasteiger partial charge in [-0.3, -0.25) is 4.79 Å². The molecule has 1 aliphatic rings. The van der Waals surface area contributed by atoms with E-state index in [9.17, 15) is 13.2 Å². The van der Waals surface area contributed by atoms with Crippen molar-refractivity contribution >= 4 is 21.6 Å². The number of benzene rings is 2. The van der Waals surface area contributed by atoms with Crippen molar-refractivity contribution < 1.29 is 13.2 Å². The summed E-state index contributed by atoms with van der Waals surface area (Å²) in [5.74, 6) is -0.267. The maximum Gasteiger partial charge on any atom is 0.251 e. The van der Waals surface area contributed by atoms with Crippen LogP contribution in [-0.4, -0.2) is 51.9 Å². The molecule has 3 rings (SSSR count). The maximum atomic E-state index is 12.8. The number of piperidine rings is 1. The summed E-state index contributed by atoms with van der Waals surface area (Å²) in [5.41, 5.74) is 1.44. The quantitative estimate of drug-likeness (QED) is 0.775. The van der Waals surface area contributed by atoms with Crippen LogP contribution in [-0.2, 0) is 10.0 Å². The molecular weight excluding hydrogens is 374 g/mol. The first-order valence-electron chi connectivity index (χ1n) is 9.63. The van der Waals surface area contributed by atoms with Gasteiger partial charge in [0, 0.05) is 44.5 Å². The van der Waals surface area contributed by atoms with Crippen LogP contribution in [0.15, 0.2) is 59.5 Å². The van der Waals surface area contributed by atoms with Gasteiger partial charge in [-0.25, -0.2) is 8.42 Å². The number of carbonyl (C=O) groups excluding carboxylic acids is 1. The number of sulfonamides is 1. The van der Waals surface area contributed by atoms with Gasteiger partial charge in [0.2, 0.25) is 10.0 Å². The fourth-order valence-electron chi connectivity index (χ4n) is 3.30. The summed E-state index contributed by atoms with van der Waals surface area (Å²) in [6.45, 7) is 2.21. The van der Waals surface area contributed by atoms with Crippen LogP contribution in [0.4, 0.5) is 5.69 Å². The number of nitrogens with zero attached hydrogens (tertiary/aromatic N) is 2. The van der Waals surface area contributed by atoms with Gasteiger partial charge in [0.05, 0.1) is 4.90 Å². The lowest BCUT2D eigenvalue weighted by Crippen LogP contribution is -2.36. The average molecular weight is 402 g/mol. The van der Waals surface area contributed by atoms with E-state index < -0.39 is 10.0 Å². The second kappa shape index (κ2) is 9.21. The third-order valence-corrected chi connectivity index (χ3v) is 6.87. The smallest absolute Gasteiger partial charge is 0.251 e. The highest BCUT2D eigenvalue weighted by Gasteiger charge is 2.26. The number of carbonyl (C=O) groups is 1. The Bertz CT molecular complexity index is 894. The first kappa shape index (κ1) is 20.4. The highest BCUT2D eigenvalue weighted by molar-refractivity contribution is 7.89. The Balaban J connectivity index is 1.61. The fraction of sp³-hybridized carbons (Fsp3) is 0.381. The van der Waals surface area contributed by atoms with E-state index in [1.807, 2.05) is 37.4 Å². The van der Waals surface area contributed by atoms with Gasteiger partial charge in [-0.05, 0) is 43.2 Å². The molecule has 0 spiro atoms. The Labute approximate surface area is 167 Å². The molecule has 150 valence electrons. The largest absolute Gasteiger partial charge is 0.373 e. The van der Waals surface area contributed by atoms with Crippen molar-refractivity contribution in [2.75, 3.05) is 38.1 Å². The zero-order valence-electron chi connectivity index (χ0n) is 16.2. The van der Waals surface area contributed by atoms with Gasteiger partial charge in [-0.2, -0.15) is 4.31 Å². The summed E-state index contributed by atoms with van der Waals surface area (Å²) in [6.07, 6.45) is 2.83. The molecular formula is C21H27N3O3S. The van der Waals surface area contributed by atoms with E-state index in [-0.39, 0.29) is 10.8 Å². The molecule has 1 aliphatic heterocycles. The molecule has 6 nitrogen and oxygen atoms in total. The van der Waals surface area contributed by atoms with E-state index in [1.165, 1.54) is 10.4 Å². The Kier molecular flexibility index (Phi) is 6.70. The normalized spacial score (nSPS) is 15.2. The Morgan fingerprint density at radius 2 is 1.75 bits per heavy atom. The molecule has 0 atom stereocenters. The van der Waals surface area contributed by atoms with Crippen molar-refractivity contribution in [3.63, 3.8) is 0 Å². The van der Waals surface area contributed by atoms with E-state index in [0.717, 1.165) is 24.9 Å². The van der Waals surface area contributed by atoms with Crippen LogP contribution in [0.25, 0.3) is 0 Å². The SMILES string of the molecule is CN(CCNC(=O)c1cccc(S(=O)(=O)N2CCCCC2)c1)c1ccccc1. The molecule has 0 saturated carbocycles. The molecule has 1 saturated heterocycles. The number of hydrogen-bond acceptors (Lipinski definition) is 4. The van der Waals surface area contributed by atoms with Crippen LogP contribution in [0.3, 0.4) is 0 Å². The van der Waals surface area contributed by atoms with Gasteiger partial charge in [0.25, 0.3) is 5.91 Å². The first-order chi connectivity index (χ1) is 13.5. The van der Waals surface area contributed by atoms with E-state index in [0.29, 0.717) is 31.7 Å². The van der Waals surface area contributed by atoms with Crippen LogP contribution in [0.1, 0.15) is 29.6 Å². The number of nitrogens with one attached hydrogen (secondary N) is 1. The van der Waals surface area contributed by atoms with Gasteiger partial charge in [-0.1, -0.05) is 30.7 Å². The second-order valence-corrected chi connectivity index (χ2v) is 8.94. The summed E-state index contributed by atoms with van der Waals surface area (Å²) >= 11 is 0. The summed E-state index contributed by atoms with van der Waals surface area (Å²) in [5, 5.41) is 2.87. The van der Waals surface area contributed by atoms with Crippen molar-refractivity contribution in [2.45, 2.75) is 24.2 Å². The highest BCUT2D eigenvalue weighted by atomic mass is 32.2. The van der Waals surface area contributed by atoms with E-state index in [4.69, 9.17) is 0 Å².